The molecule has 0 bridgehead atoms. The van der Waals surface area contributed by atoms with Crippen molar-refractivity contribution >= 4 is 17.6 Å². The summed E-state index contributed by atoms with van der Waals surface area (Å²) in [5, 5.41) is 9.17. The molecule has 1 aromatic carbocycles. The van der Waals surface area contributed by atoms with E-state index in [1.54, 1.807) is 24.3 Å². The number of aliphatic carboxylic acids is 1. The standard InChI is InChI=1S/C12H14N2O3/c1-14-10(15)6-9(11(14)12(16)17)7-2-4-8(13)5-3-7/h2-5,9,11H,6,13H2,1H3,(H,16,17). The topological polar surface area (TPSA) is 83.6 Å². The van der Waals surface area contributed by atoms with E-state index in [1.807, 2.05) is 0 Å². The van der Waals surface area contributed by atoms with Crippen LogP contribution in [-0.2, 0) is 9.59 Å². The van der Waals surface area contributed by atoms with E-state index in [1.165, 1.54) is 11.9 Å². The zero-order valence-electron chi connectivity index (χ0n) is 9.46. The van der Waals surface area contributed by atoms with Gasteiger partial charge in [0.1, 0.15) is 6.04 Å². The third-order valence-electron chi connectivity index (χ3n) is 3.20. The molecule has 0 aliphatic carbocycles. The number of anilines is 1. The molecule has 0 aromatic heterocycles. The SMILES string of the molecule is CN1C(=O)CC(c2ccc(N)cc2)C1C(=O)O. The Balaban J connectivity index is 2.34. The minimum absolute atomic E-state index is 0.140. The summed E-state index contributed by atoms with van der Waals surface area (Å²) in [4.78, 5) is 24.1. The Morgan fingerprint density at radius 1 is 1.41 bits per heavy atom. The van der Waals surface area contributed by atoms with Crippen molar-refractivity contribution in [2.45, 2.75) is 18.4 Å². The van der Waals surface area contributed by atoms with Gasteiger partial charge in [0.25, 0.3) is 0 Å². The third kappa shape index (κ3) is 1.95. The summed E-state index contributed by atoms with van der Waals surface area (Å²) >= 11 is 0. The van der Waals surface area contributed by atoms with Gasteiger partial charge in [-0.15, -0.1) is 0 Å². The predicted octanol–water partition coefficient (Wildman–Crippen LogP) is 0.668. The van der Waals surface area contributed by atoms with E-state index in [9.17, 15) is 9.59 Å². The third-order valence-corrected chi connectivity index (χ3v) is 3.20. The van der Waals surface area contributed by atoms with Crippen LogP contribution in [-0.4, -0.2) is 35.0 Å². The summed E-state index contributed by atoms with van der Waals surface area (Å²) < 4.78 is 0. The molecule has 2 rings (SSSR count). The number of likely N-dealkylation sites (tertiary alicyclic amines) is 1. The number of nitrogen functional groups attached to an aromatic ring is 1. The number of amides is 1. The number of hydrogen-bond donors (Lipinski definition) is 2. The Kier molecular flexibility index (Phi) is 2.75. The summed E-state index contributed by atoms with van der Waals surface area (Å²) in [5.74, 6) is -1.41. The number of likely N-dealkylation sites (N-methyl/N-ethyl adjacent to an activating group) is 1. The van der Waals surface area contributed by atoms with E-state index in [2.05, 4.69) is 0 Å². The van der Waals surface area contributed by atoms with Crippen molar-refractivity contribution in [1.29, 1.82) is 0 Å². The van der Waals surface area contributed by atoms with E-state index in [-0.39, 0.29) is 18.2 Å². The van der Waals surface area contributed by atoms with E-state index in [0.29, 0.717) is 5.69 Å². The first-order valence-electron chi connectivity index (χ1n) is 5.34. The Morgan fingerprint density at radius 2 is 2.00 bits per heavy atom. The van der Waals surface area contributed by atoms with Crippen LogP contribution in [0, 0.1) is 0 Å². The fraction of sp³-hybridized carbons (Fsp3) is 0.333. The maximum Gasteiger partial charge on any atom is 0.327 e. The minimum atomic E-state index is -0.972. The van der Waals surface area contributed by atoms with Crippen LogP contribution >= 0.6 is 0 Å². The van der Waals surface area contributed by atoms with Gasteiger partial charge in [-0.1, -0.05) is 12.1 Å². The first kappa shape index (κ1) is 11.4. The first-order valence-corrected chi connectivity index (χ1v) is 5.34. The first-order chi connectivity index (χ1) is 8.00. The molecule has 1 aromatic rings. The lowest BCUT2D eigenvalue weighted by Crippen LogP contribution is -2.37. The number of benzene rings is 1. The lowest BCUT2D eigenvalue weighted by Gasteiger charge is -2.20. The number of carbonyl (C=O) groups excluding carboxylic acids is 1. The second-order valence-corrected chi connectivity index (χ2v) is 4.27. The molecule has 2 unspecified atom stereocenters. The molecule has 90 valence electrons. The van der Waals surface area contributed by atoms with E-state index in [0.717, 1.165) is 5.56 Å². The molecule has 1 saturated heterocycles. The van der Waals surface area contributed by atoms with Crippen LogP contribution in [0.1, 0.15) is 17.9 Å². The molecular weight excluding hydrogens is 220 g/mol. The molecule has 0 radical (unpaired) electrons. The van der Waals surface area contributed by atoms with Crippen LogP contribution in [0.2, 0.25) is 0 Å². The predicted molar refractivity (Wildman–Crippen MR) is 62.4 cm³/mol. The highest BCUT2D eigenvalue weighted by Crippen LogP contribution is 2.33. The van der Waals surface area contributed by atoms with Crippen LogP contribution in [0.15, 0.2) is 24.3 Å². The zero-order valence-corrected chi connectivity index (χ0v) is 9.46. The molecular formula is C12H14N2O3. The fourth-order valence-corrected chi connectivity index (χ4v) is 2.25. The smallest absolute Gasteiger partial charge is 0.327 e. The van der Waals surface area contributed by atoms with Gasteiger partial charge in [-0.3, -0.25) is 4.79 Å². The Hall–Kier alpha value is -2.04. The largest absolute Gasteiger partial charge is 0.480 e. The number of carboxylic acid groups (broad SMARTS) is 1. The lowest BCUT2D eigenvalue weighted by molar-refractivity contribution is -0.145. The van der Waals surface area contributed by atoms with Gasteiger partial charge in [0.2, 0.25) is 5.91 Å². The van der Waals surface area contributed by atoms with E-state index >= 15 is 0 Å². The molecule has 0 spiro atoms. The van der Waals surface area contributed by atoms with Crippen molar-refractivity contribution in [3.63, 3.8) is 0 Å². The van der Waals surface area contributed by atoms with Crippen molar-refractivity contribution in [3.05, 3.63) is 29.8 Å². The molecule has 1 amide bonds. The number of nitrogens with zero attached hydrogens (tertiary/aromatic N) is 1. The second-order valence-electron chi connectivity index (χ2n) is 4.27. The average Bonchev–Trinajstić information content (AvgIpc) is 2.56. The molecule has 2 atom stereocenters. The number of carbonyl (C=O) groups is 2. The monoisotopic (exact) mass is 234 g/mol. The lowest BCUT2D eigenvalue weighted by atomic mass is 9.91. The van der Waals surface area contributed by atoms with Gasteiger partial charge < -0.3 is 15.7 Å². The number of hydrogen-bond acceptors (Lipinski definition) is 3. The summed E-state index contributed by atoms with van der Waals surface area (Å²) in [7, 11) is 1.53. The van der Waals surface area contributed by atoms with E-state index < -0.39 is 12.0 Å². The molecule has 3 N–H and O–H groups in total. The van der Waals surface area contributed by atoms with Crippen molar-refractivity contribution in [2.75, 3.05) is 12.8 Å². The maximum atomic E-state index is 11.6. The second kappa shape index (κ2) is 4.08. The van der Waals surface area contributed by atoms with Crippen LogP contribution < -0.4 is 5.73 Å². The van der Waals surface area contributed by atoms with Crippen molar-refractivity contribution in [2.24, 2.45) is 0 Å². The van der Waals surface area contributed by atoms with Gasteiger partial charge in [-0.05, 0) is 17.7 Å². The zero-order chi connectivity index (χ0) is 12.6. The summed E-state index contributed by atoms with van der Waals surface area (Å²) in [6, 6.07) is 6.21. The fourth-order valence-electron chi connectivity index (χ4n) is 2.25. The van der Waals surface area contributed by atoms with Gasteiger partial charge >= 0.3 is 5.97 Å². The highest BCUT2D eigenvalue weighted by atomic mass is 16.4. The molecule has 5 nitrogen and oxygen atoms in total. The van der Waals surface area contributed by atoms with Crippen LogP contribution in [0.3, 0.4) is 0 Å². The normalized spacial score (nSPS) is 24.1. The van der Waals surface area contributed by atoms with Gasteiger partial charge in [0, 0.05) is 25.1 Å². The summed E-state index contributed by atoms with van der Waals surface area (Å²) in [5.41, 5.74) is 7.04. The Labute approximate surface area is 98.8 Å². The maximum absolute atomic E-state index is 11.6. The summed E-state index contributed by atoms with van der Waals surface area (Å²) in [6.45, 7) is 0. The number of nitrogens with two attached hydrogens (primary N) is 1. The highest BCUT2D eigenvalue weighted by molar-refractivity contribution is 5.89. The van der Waals surface area contributed by atoms with Crippen molar-refractivity contribution in [1.82, 2.24) is 4.90 Å². The van der Waals surface area contributed by atoms with Crippen molar-refractivity contribution < 1.29 is 14.7 Å². The number of carboxylic acids is 1. The van der Waals surface area contributed by atoms with Crippen LogP contribution in [0.25, 0.3) is 0 Å². The van der Waals surface area contributed by atoms with Gasteiger partial charge in [-0.2, -0.15) is 0 Å². The van der Waals surface area contributed by atoms with Crippen LogP contribution in [0.4, 0.5) is 5.69 Å². The van der Waals surface area contributed by atoms with Crippen molar-refractivity contribution in [3.8, 4) is 0 Å². The average molecular weight is 234 g/mol. The van der Waals surface area contributed by atoms with Gasteiger partial charge in [-0.25, -0.2) is 4.79 Å². The quantitative estimate of drug-likeness (QED) is 0.736. The van der Waals surface area contributed by atoms with Gasteiger partial charge in [0.05, 0.1) is 0 Å². The molecule has 5 heteroatoms. The Morgan fingerprint density at radius 3 is 2.53 bits per heavy atom. The minimum Gasteiger partial charge on any atom is -0.480 e. The molecule has 1 fully saturated rings. The molecule has 17 heavy (non-hydrogen) atoms. The highest BCUT2D eigenvalue weighted by Gasteiger charge is 2.42. The Bertz CT molecular complexity index is 455. The van der Waals surface area contributed by atoms with Crippen LogP contribution in [0.5, 0.6) is 0 Å². The summed E-state index contributed by atoms with van der Waals surface area (Å²) in [6.07, 6.45) is 0.234. The molecule has 0 saturated carbocycles. The molecule has 1 heterocycles. The number of rotatable bonds is 2. The molecule has 1 aliphatic rings. The van der Waals surface area contributed by atoms with E-state index in [4.69, 9.17) is 10.8 Å². The molecule has 1 aliphatic heterocycles. The van der Waals surface area contributed by atoms with Gasteiger partial charge in [0.15, 0.2) is 0 Å².